The first-order valence-electron chi connectivity index (χ1n) is 9.55. The van der Waals surface area contributed by atoms with E-state index in [1.165, 1.54) is 22.4 Å². The van der Waals surface area contributed by atoms with E-state index in [-0.39, 0.29) is 17.8 Å². The molecule has 2 aromatic carbocycles. The molecule has 1 amide bonds. The maximum atomic E-state index is 13.0. The van der Waals surface area contributed by atoms with Crippen LogP contribution in [0.1, 0.15) is 29.5 Å². The second kappa shape index (κ2) is 7.87. The first-order chi connectivity index (χ1) is 13.5. The molecule has 0 N–H and O–H groups in total. The van der Waals surface area contributed by atoms with Crippen LogP contribution < -0.4 is 4.74 Å². The molecule has 0 spiro atoms. The van der Waals surface area contributed by atoms with Crippen molar-refractivity contribution in [3.05, 3.63) is 58.9 Å². The highest BCUT2D eigenvalue weighted by atomic mass is 32.1. The Hall–Kier alpha value is -2.47. The van der Waals surface area contributed by atoms with Gasteiger partial charge in [-0.15, -0.1) is 0 Å². The lowest BCUT2D eigenvalue weighted by Crippen LogP contribution is -2.42. The Kier molecular flexibility index (Phi) is 5.31. The number of benzene rings is 2. The van der Waals surface area contributed by atoms with Gasteiger partial charge in [0.05, 0.1) is 16.6 Å². The van der Waals surface area contributed by atoms with Crippen LogP contribution in [0.25, 0.3) is 10.2 Å². The fraction of sp³-hybridized carbons (Fsp3) is 0.364. The van der Waals surface area contributed by atoms with Gasteiger partial charge in [0, 0.05) is 25.9 Å². The summed E-state index contributed by atoms with van der Waals surface area (Å²) in [4.78, 5) is 19.0. The van der Waals surface area contributed by atoms with Gasteiger partial charge in [0.25, 0.3) is 5.19 Å². The molecule has 1 fully saturated rings. The molecular formula is C22H23FN2O2S. The van der Waals surface area contributed by atoms with Crippen molar-refractivity contribution in [1.82, 2.24) is 9.88 Å². The van der Waals surface area contributed by atoms with Gasteiger partial charge in [0.15, 0.2) is 0 Å². The first kappa shape index (κ1) is 18.9. The number of aryl methyl sites for hydroxylation is 2. The summed E-state index contributed by atoms with van der Waals surface area (Å²) in [5.41, 5.74) is 4.24. The molecule has 0 atom stereocenters. The van der Waals surface area contributed by atoms with E-state index >= 15 is 0 Å². The van der Waals surface area contributed by atoms with Crippen molar-refractivity contribution in [3.8, 4) is 5.19 Å². The summed E-state index contributed by atoms with van der Waals surface area (Å²) in [5, 5.41) is 0.712. The van der Waals surface area contributed by atoms with E-state index in [4.69, 9.17) is 4.74 Å². The fourth-order valence-electron chi connectivity index (χ4n) is 3.54. The third kappa shape index (κ3) is 4.02. The van der Waals surface area contributed by atoms with Crippen LogP contribution in [0.4, 0.5) is 4.39 Å². The van der Waals surface area contributed by atoms with Crippen LogP contribution in [0.2, 0.25) is 0 Å². The van der Waals surface area contributed by atoms with Crippen LogP contribution in [0.3, 0.4) is 0 Å². The van der Waals surface area contributed by atoms with Crippen LogP contribution in [0.15, 0.2) is 36.4 Å². The summed E-state index contributed by atoms with van der Waals surface area (Å²) < 4.78 is 20.3. The summed E-state index contributed by atoms with van der Waals surface area (Å²) in [6.45, 7) is 5.51. The molecule has 28 heavy (non-hydrogen) atoms. The number of ether oxygens (including phenoxy) is 1. The lowest BCUT2D eigenvalue weighted by atomic mass is 10.1. The Labute approximate surface area is 168 Å². The van der Waals surface area contributed by atoms with Gasteiger partial charge in [-0.05, 0) is 42.7 Å². The van der Waals surface area contributed by atoms with Crippen LogP contribution >= 0.6 is 11.3 Å². The molecule has 0 radical (unpaired) electrons. The Bertz CT molecular complexity index is 953. The van der Waals surface area contributed by atoms with Crippen molar-refractivity contribution in [3.63, 3.8) is 0 Å². The van der Waals surface area contributed by atoms with Gasteiger partial charge in [-0.1, -0.05) is 35.6 Å². The molecule has 0 saturated carbocycles. The van der Waals surface area contributed by atoms with Crippen molar-refractivity contribution in [2.24, 2.45) is 0 Å². The number of hydrogen-bond acceptors (Lipinski definition) is 4. The number of thiazole rings is 1. The second-order valence-corrected chi connectivity index (χ2v) is 8.32. The number of nitrogens with zero attached hydrogens (tertiary/aromatic N) is 2. The van der Waals surface area contributed by atoms with Crippen molar-refractivity contribution >= 4 is 27.5 Å². The second-order valence-electron chi connectivity index (χ2n) is 7.36. The third-order valence-electron chi connectivity index (χ3n) is 5.25. The molecule has 146 valence electrons. The molecule has 4 nitrogen and oxygen atoms in total. The number of amides is 1. The molecule has 3 aromatic rings. The van der Waals surface area contributed by atoms with Crippen LogP contribution in [0, 0.1) is 19.7 Å². The SMILES string of the molecule is Cc1ccc(C)c2sc(OC3CCN(C(=O)Cc4ccc(F)cc4)CC3)nc12. The summed E-state index contributed by atoms with van der Waals surface area (Å²) in [7, 11) is 0. The van der Waals surface area contributed by atoms with Crippen LogP contribution in [-0.4, -0.2) is 35.0 Å². The number of carbonyl (C=O) groups excluding carboxylic acids is 1. The Morgan fingerprint density at radius 1 is 1.14 bits per heavy atom. The maximum Gasteiger partial charge on any atom is 0.274 e. The molecule has 0 bridgehead atoms. The van der Waals surface area contributed by atoms with E-state index in [0.717, 1.165) is 29.5 Å². The van der Waals surface area contributed by atoms with Crippen LogP contribution in [0.5, 0.6) is 5.19 Å². The molecular weight excluding hydrogens is 375 g/mol. The van der Waals surface area contributed by atoms with Gasteiger partial charge in [0.2, 0.25) is 5.91 Å². The molecule has 1 aliphatic rings. The number of rotatable bonds is 4. The van der Waals surface area contributed by atoms with E-state index in [9.17, 15) is 9.18 Å². The summed E-state index contributed by atoms with van der Waals surface area (Å²) in [6.07, 6.45) is 1.98. The minimum absolute atomic E-state index is 0.0797. The fourth-order valence-corrected chi connectivity index (χ4v) is 4.57. The zero-order valence-electron chi connectivity index (χ0n) is 16.1. The Balaban J connectivity index is 1.34. The minimum Gasteiger partial charge on any atom is -0.467 e. The van der Waals surface area contributed by atoms with Crippen molar-refractivity contribution in [2.45, 2.75) is 39.2 Å². The van der Waals surface area contributed by atoms with Crippen molar-refractivity contribution < 1.29 is 13.9 Å². The molecule has 6 heteroatoms. The first-order valence-corrected chi connectivity index (χ1v) is 10.4. The summed E-state index contributed by atoms with van der Waals surface area (Å²) >= 11 is 1.60. The molecule has 0 aliphatic carbocycles. The highest BCUT2D eigenvalue weighted by Gasteiger charge is 2.25. The zero-order chi connectivity index (χ0) is 19.7. The normalized spacial score (nSPS) is 15.2. The van der Waals surface area contributed by atoms with Crippen molar-refractivity contribution in [2.75, 3.05) is 13.1 Å². The molecule has 2 heterocycles. The number of carbonyl (C=O) groups is 1. The van der Waals surface area contributed by atoms with Crippen LogP contribution in [-0.2, 0) is 11.2 Å². The van der Waals surface area contributed by atoms with E-state index < -0.39 is 0 Å². The minimum atomic E-state index is -0.283. The van der Waals surface area contributed by atoms with Gasteiger partial charge in [-0.2, -0.15) is 0 Å². The van der Waals surface area contributed by atoms with E-state index in [1.807, 2.05) is 4.90 Å². The Morgan fingerprint density at radius 2 is 1.82 bits per heavy atom. The van der Waals surface area contributed by atoms with Gasteiger partial charge in [-0.3, -0.25) is 4.79 Å². The molecule has 4 rings (SSSR count). The standard InChI is InChI=1S/C22H23FN2O2S/c1-14-3-4-15(2)21-20(14)24-22(28-21)27-18-9-11-25(12-10-18)19(26)13-16-5-7-17(23)8-6-16/h3-8,18H,9-13H2,1-2H3. The van der Waals surface area contributed by atoms with Crippen molar-refractivity contribution in [1.29, 1.82) is 0 Å². The van der Waals surface area contributed by atoms with Gasteiger partial charge < -0.3 is 9.64 Å². The summed E-state index contributed by atoms with van der Waals surface area (Å²) in [5.74, 6) is -0.203. The zero-order valence-corrected chi connectivity index (χ0v) is 16.9. The van der Waals surface area contributed by atoms with E-state index in [0.29, 0.717) is 24.7 Å². The number of aromatic nitrogens is 1. The van der Waals surface area contributed by atoms with E-state index in [2.05, 4.69) is 31.0 Å². The monoisotopic (exact) mass is 398 g/mol. The molecule has 0 unspecified atom stereocenters. The third-order valence-corrected chi connectivity index (χ3v) is 6.33. The lowest BCUT2D eigenvalue weighted by Gasteiger charge is -2.31. The maximum absolute atomic E-state index is 13.0. The number of likely N-dealkylation sites (tertiary alicyclic amines) is 1. The van der Waals surface area contributed by atoms with Gasteiger partial charge >= 0.3 is 0 Å². The molecule has 1 aromatic heterocycles. The van der Waals surface area contributed by atoms with Gasteiger partial charge in [-0.25, -0.2) is 9.37 Å². The largest absolute Gasteiger partial charge is 0.467 e. The van der Waals surface area contributed by atoms with Gasteiger partial charge in [0.1, 0.15) is 11.9 Å². The Morgan fingerprint density at radius 3 is 2.50 bits per heavy atom. The average molecular weight is 399 g/mol. The lowest BCUT2D eigenvalue weighted by molar-refractivity contribution is -0.132. The predicted molar refractivity (Wildman–Crippen MR) is 109 cm³/mol. The quantitative estimate of drug-likeness (QED) is 0.642. The predicted octanol–water partition coefficient (Wildman–Crippen LogP) is 4.66. The van der Waals surface area contributed by atoms with E-state index in [1.54, 1.807) is 23.5 Å². The number of piperidine rings is 1. The smallest absolute Gasteiger partial charge is 0.274 e. The average Bonchev–Trinajstić information content (AvgIpc) is 3.12. The number of halogens is 1. The summed E-state index contributed by atoms with van der Waals surface area (Å²) in [6, 6.07) is 10.3. The number of fused-ring (bicyclic) bond motifs is 1. The highest BCUT2D eigenvalue weighted by molar-refractivity contribution is 7.20. The number of hydrogen-bond donors (Lipinski definition) is 0. The molecule has 1 aliphatic heterocycles. The molecule has 1 saturated heterocycles. The topological polar surface area (TPSA) is 42.4 Å². The highest BCUT2D eigenvalue weighted by Crippen LogP contribution is 2.33.